The molecule has 0 aliphatic rings. The molecule has 5 nitrogen and oxygen atoms in total. The lowest BCUT2D eigenvalue weighted by molar-refractivity contribution is -0.170. The van der Waals surface area contributed by atoms with E-state index in [-0.39, 0.29) is 12.5 Å². The number of carbonyl (C=O) groups excluding carboxylic acids is 1. The average Bonchev–Trinajstić information content (AvgIpc) is 2.44. The van der Waals surface area contributed by atoms with Crippen molar-refractivity contribution in [1.82, 2.24) is 5.06 Å². The van der Waals surface area contributed by atoms with E-state index in [4.69, 9.17) is 14.3 Å². The summed E-state index contributed by atoms with van der Waals surface area (Å²) in [6, 6.07) is 5.54. The average molecular weight is 265 g/mol. The molecule has 19 heavy (non-hydrogen) atoms. The summed E-state index contributed by atoms with van der Waals surface area (Å²) in [7, 11) is 4.50. The minimum absolute atomic E-state index is 0.110. The van der Waals surface area contributed by atoms with Crippen LogP contribution in [0.15, 0.2) is 30.9 Å². The number of carbonyl (C=O) groups is 1. The van der Waals surface area contributed by atoms with Crippen molar-refractivity contribution in [3.63, 3.8) is 0 Å². The van der Waals surface area contributed by atoms with Crippen LogP contribution in [0.5, 0.6) is 11.5 Å². The minimum Gasteiger partial charge on any atom is -0.493 e. The topological polar surface area (TPSA) is 48.0 Å². The fourth-order valence-electron chi connectivity index (χ4n) is 1.46. The van der Waals surface area contributed by atoms with E-state index >= 15 is 0 Å². The summed E-state index contributed by atoms with van der Waals surface area (Å²) in [5, 5.41) is 1.11. The van der Waals surface area contributed by atoms with E-state index < -0.39 is 0 Å². The summed E-state index contributed by atoms with van der Waals surface area (Å²) in [5.74, 6) is 0.833. The van der Waals surface area contributed by atoms with Gasteiger partial charge in [0.25, 0.3) is 5.91 Å². The van der Waals surface area contributed by atoms with Crippen LogP contribution < -0.4 is 9.47 Å². The molecule has 1 amide bonds. The number of rotatable bonds is 7. The summed E-state index contributed by atoms with van der Waals surface area (Å²) < 4.78 is 10.7. The monoisotopic (exact) mass is 265 g/mol. The predicted octanol–water partition coefficient (Wildman–Crippen LogP) is 1.82. The van der Waals surface area contributed by atoms with Gasteiger partial charge in [0.05, 0.1) is 14.2 Å². The Kier molecular flexibility index (Phi) is 5.89. The van der Waals surface area contributed by atoms with Gasteiger partial charge in [-0.2, -0.15) is 0 Å². The van der Waals surface area contributed by atoms with Gasteiger partial charge in [0.15, 0.2) is 18.1 Å². The number of hydrogen-bond acceptors (Lipinski definition) is 4. The molecule has 0 bridgehead atoms. The highest BCUT2D eigenvalue weighted by Crippen LogP contribution is 2.28. The molecule has 1 aromatic carbocycles. The largest absolute Gasteiger partial charge is 0.493 e. The second-order valence-corrected chi connectivity index (χ2v) is 3.84. The van der Waals surface area contributed by atoms with Crippen LogP contribution in [0, 0.1) is 0 Å². The first-order chi connectivity index (χ1) is 9.12. The number of likely N-dealkylation sites (N-methyl/N-ethyl adjacent to an activating group) is 1. The van der Waals surface area contributed by atoms with E-state index in [1.807, 2.05) is 18.2 Å². The normalized spacial score (nSPS) is 9.84. The van der Waals surface area contributed by atoms with E-state index in [1.54, 1.807) is 13.2 Å². The summed E-state index contributed by atoms with van der Waals surface area (Å²) in [6.45, 7) is 3.58. The Morgan fingerprint density at radius 3 is 2.68 bits per heavy atom. The van der Waals surface area contributed by atoms with Gasteiger partial charge in [-0.05, 0) is 24.1 Å². The molecule has 0 aliphatic heterocycles. The number of hydroxylamine groups is 2. The molecule has 0 radical (unpaired) electrons. The highest BCUT2D eigenvalue weighted by atomic mass is 16.7. The van der Waals surface area contributed by atoms with Crippen LogP contribution in [0.4, 0.5) is 0 Å². The molecule has 0 N–H and O–H groups in total. The smallest absolute Gasteiger partial charge is 0.283 e. The van der Waals surface area contributed by atoms with Crippen molar-refractivity contribution in [3.8, 4) is 11.5 Å². The van der Waals surface area contributed by atoms with Crippen LogP contribution in [-0.4, -0.2) is 38.8 Å². The number of methoxy groups -OCH3 is 1. The number of nitrogens with zero attached hydrogens (tertiary/aromatic N) is 1. The van der Waals surface area contributed by atoms with E-state index in [9.17, 15) is 4.79 Å². The summed E-state index contributed by atoms with van der Waals surface area (Å²) in [5.41, 5.74) is 1.07. The Hall–Kier alpha value is -2.01. The molecule has 0 atom stereocenters. The van der Waals surface area contributed by atoms with Crippen LogP contribution >= 0.6 is 0 Å². The molecule has 0 spiro atoms. The highest BCUT2D eigenvalue weighted by molar-refractivity contribution is 5.76. The van der Waals surface area contributed by atoms with Crippen molar-refractivity contribution in [2.24, 2.45) is 0 Å². The third kappa shape index (κ3) is 4.30. The molecule has 5 heteroatoms. The third-order valence-corrected chi connectivity index (χ3v) is 2.58. The summed E-state index contributed by atoms with van der Waals surface area (Å²) in [6.07, 6.45) is 2.56. The van der Waals surface area contributed by atoms with E-state index in [2.05, 4.69) is 6.58 Å². The van der Waals surface area contributed by atoms with Crippen LogP contribution in [-0.2, 0) is 16.1 Å². The van der Waals surface area contributed by atoms with Gasteiger partial charge in [-0.1, -0.05) is 12.1 Å². The number of benzene rings is 1. The molecule has 0 unspecified atom stereocenters. The molecule has 0 aliphatic carbocycles. The van der Waals surface area contributed by atoms with Gasteiger partial charge in [0, 0.05) is 7.05 Å². The molecular weight excluding hydrogens is 246 g/mol. The first-order valence-corrected chi connectivity index (χ1v) is 5.83. The molecule has 0 fully saturated rings. The quantitative estimate of drug-likeness (QED) is 0.557. The molecule has 104 valence electrons. The molecule has 1 rings (SSSR count). The second kappa shape index (κ2) is 7.43. The maximum absolute atomic E-state index is 11.5. The predicted molar refractivity (Wildman–Crippen MR) is 72.2 cm³/mol. The SMILES string of the molecule is C=CCc1ccc(OCC(=O)N(C)OC)c(OC)c1. The van der Waals surface area contributed by atoms with Gasteiger partial charge in [-0.15, -0.1) is 6.58 Å². The van der Waals surface area contributed by atoms with Crippen molar-refractivity contribution in [2.75, 3.05) is 27.9 Å². The fraction of sp³-hybridized carbons (Fsp3) is 0.357. The van der Waals surface area contributed by atoms with Crippen molar-refractivity contribution in [2.45, 2.75) is 6.42 Å². The number of amides is 1. The van der Waals surface area contributed by atoms with Crippen molar-refractivity contribution in [1.29, 1.82) is 0 Å². The highest BCUT2D eigenvalue weighted by Gasteiger charge is 2.11. The molecule has 0 aromatic heterocycles. The van der Waals surface area contributed by atoms with E-state index in [1.165, 1.54) is 14.2 Å². The molecule has 0 saturated carbocycles. The minimum atomic E-state index is -0.278. The Balaban J connectivity index is 2.72. The lowest BCUT2D eigenvalue weighted by Gasteiger charge is -2.15. The molecule has 1 aromatic rings. The zero-order chi connectivity index (χ0) is 14.3. The van der Waals surface area contributed by atoms with E-state index in [0.29, 0.717) is 11.5 Å². The number of ether oxygens (including phenoxy) is 2. The van der Waals surface area contributed by atoms with Crippen LogP contribution in [0.25, 0.3) is 0 Å². The molecular formula is C14H19NO4. The Bertz CT molecular complexity index is 445. The van der Waals surface area contributed by atoms with Gasteiger partial charge < -0.3 is 9.47 Å². The summed E-state index contributed by atoms with van der Waals surface area (Å²) in [4.78, 5) is 16.3. The standard InChI is InChI=1S/C14H19NO4/c1-5-6-11-7-8-12(13(9-11)17-3)19-10-14(16)15(2)18-4/h5,7-9H,1,6,10H2,2-4H3. The Morgan fingerprint density at radius 1 is 1.37 bits per heavy atom. The molecule has 0 saturated heterocycles. The van der Waals surface area contributed by atoms with Gasteiger partial charge in [0.2, 0.25) is 0 Å². The van der Waals surface area contributed by atoms with Gasteiger partial charge in [-0.3, -0.25) is 9.63 Å². The van der Waals surface area contributed by atoms with Crippen LogP contribution in [0.2, 0.25) is 0 Å². The van der Waals surface area contributed by atoms with Crippen molar-refractivity contribution < 1.29 is 19.1 Å². The number of allylic oxidation sites excluding steroid dienone is 1. The zero-order valence-corrected chi connectivity index (χ0v) is 11.5. The lowest BCUT2D eigenvalue weighted by Crippen LogP contribution is -2.30. The number of hydrogen-bond donors (Lipinski definition) is 0. The Labute approximate surface area is 113 Å². The second-order valence-electron chi connectivity index (χ2n) is 3.84. The zero-order valence-electron chi connectivity index (χ0n) is 11.5. The Morgan fingerprint density at radius 2 is 2.11 bits per heavy atom. The maximum Gasteiger partial charge on any atom is 0.283 e. The lowest BCUT2D eigenvalue weighted by atomic mass is 10.1. The molecule has 0 heterocycles. The first-order valence-electron chi connectivity index (χ1n) is 5.83. The fourth-order valence-corrected chi connectivity index (χ4v) is 1.46. The van der Waals surface area contributed by atoms with Crippen molar-refractivity contribution >= 4 is 5.91 Å². The van der Waals surface area contributed by atoms with Crippen LogP contribution in [0.3, 0.4) is 0 Å². The summed E-state index contributed by atoms with van der Waals surface area (Å²) >= 11 is 0. The van der Waals surface area contributed by atoms with Crippen molar-refractivity contribution in [3.05, 3.63) is 36.4 Å². The maximum atomic E-state index is 11.5. The third-order valence-electron chi connectivity index (χ3n) is 2.58. The first kappa shape index (κ1) is 15.0. The van der Waals surface area contributed by atoms with Crippen LogP contribution in [0.1, 0.15) is 5.56 Å². The van der Waals surface area contributed by atoms with E-state index in [0.717, 1.165) is 17.0 Å². The van der Waals surface area contributed by atoms with Gasteiger partial charge in [0.1, 0.15) is 0 Å². The van der Waals surface area contributed by atoms with Gasteiger partial charge >= 0.3 is 0 Å². The van der Waals surface area contributed by atoms with Gasteiger partial charge in [-0.25, -0.2) is 5.06 Å².